The maximum atomic E-state index is 11.1. The summed E-state index contributed by atoms with van der Waals surface area (Å²) in [4.78, 5) is 9.16. The van der Waals surface area contributed by atoms with Crippen molar-refractivity contribution in [3.8, 4) is 11.1 Å². The van der Waals surface area contributed by atoms with E-state index < -0.39 is 6.10 Å². The van der Waals surface area contributed by atoms with E-state index in [1.807, 2.05) is 43.5 Å². The highest BCUT2D eigenvalue weighted by atomic mass is 16.5. The SMILES string of the molecule is CCCc1cc(C)ncc1C(O)c1ccc(-c2ccccc2C2=NC(C)(C)CO2)cc1. The smallest absolute Gasteiger partial charge is 0.217 e. The van der Waals surface area contributed by atoms with Gasteiger partial charge in [0.15, 0.2) is 0 Å². The third kappa shape index (κ3) is 4.54. The molecule has 0 fully saturated rings. The lowest BCUT2D eigenvalue weighted by Gasteiger charge is -2.17. The molecule has 1 aliphatic rings. The average Bonchev–Trinajstić information content (AvgIpc) is 3.13. The largest absolute Gasteiger partial charge is 0.475 e. The molecule has 0 radical (unpaired) electrons. The van der Waals surface area contributed by atoms with Crippen LogP contribution in [0, 0.1) is 6.92 Å². The number of ether oxygens (including phenoxy) is 1. The van der Waals surface area contributed by atoms with Crippen LogP contribution in [-0.4, -0.2) is 28.1 Å². The number of benzene rings is 2. The molecule has 0 saturated heterocycles. The van der Waals surface area contributed by atoms with Gasteiger partial charge in [-0.25, -0.2) is 4.99 Å². The van der Waals surface area contributed by atoms with Crippen LogP contribution in [0.3, 0.4) is 0 Å². The number of aliphatic imine (C=N–C) groups is 1. The summed E-state index contributed by atoms with van der Waals surface area (Å²) in [5, 5.41) is 11.1. The summed E-state index contributed by atoms with van der Waals surface area (Å²) in [6.45, 7) is 8.88. The van der Waals surface area contributed by atoms with E-state index in [0.29, 0.717) is 12.5 Å². The standard InChI is InChI=1S/C27H30N2O2/c1-5-8-21-15-18(2)28-16-24(21)25(30)20-13-11-19(12-14-20)22-9-6-7-10-23(22)26-29-27(3,4)17-31-26/h6-7,9-16,25,30H,5,8,17H2,1-4H3. The predicted octanol–water partition coefficient (Wildman–Crippen LogP) is 5.65. The summed E-state index contributed by atoms with van der Waals surface area (Å²) in [6, 6.07) is 18.3. The molecule has 2 aromatic carbocycles. The van der Waals surface area contributed by atoms with E-state index in [0.717, 1.165) is 51.9 Å². The molecule has 1 atom stereocenters. The molecule has 0 saturated carbocycles. The van der Waals surface area contributed by atoms with Crippen molar-refractivity contribution in [2.75, 3.05) is 6.61 Å². The van der Waals surface area contributed by atoms with E-state index in [1.165, 1.54) is 0 Å². The van der Waals surface area contributed by atoms with Crippen LogP contribution in [0.1, 0.15) is 61.2 Å². The highest BCUT2D eigenvalue weighted by Gasteiger charge is 2.28. The second-order valence-corrected chi connectivity index (χ2v) is 8.86. The monoisotopic (exact) mass is 414 g/mol. The van der Waals surface area contributed by atoms with Gasteiger partial charge in [-0.3, -0.25) is 4.98 Å². The zero-order valence-corrected chi connectivity index (χ0v) is 18.7. The van der Waals surface area contributed by atoms with E-state index in [9.17, 15) is 5.11 Å². The van der Waals surface area contributed by atoms with Gasteiger partial charge in [0, 0.05) is 23.0 Å². The first-order valence-corrected chi connectivity index (χ1v) is 10.9. The summed E-state index contributed by atoms with van der Waals surface area (Å²) in [5.74, 6) is 0.694. The molecule has 3 aromatic rings. The Balaban J connectivity index is 1.65. The third-order valence-electron chi connectivity index (χ3n) is 5.64. The van der Waals surface area contributed by atoms with E-state index in [-0.39, 0.29) is 5.54 Å². The first-order valence-electron chi connectivity index (χ1n) is 10.9. The van der Waals surface area contributed by atoms with Gasteiger partial charge in [-0.05, 0) is 61.6 Å². The van der Waals surface area contributed by atoms with Crippen molar-refractivity contribution in [1.29, 1.82) is 0 Å². The zero-order chi connectivity index (χ0) is 22.0. The molecule has 2 heterocycles. The number of aliphatic hydroxyl groups is 1. The molecule has 1 N–H and O–H groups in total. The Morgan fingerprint density at radius 3 is 2.42 bits per heavy atom. The van der Waals surface area contributed by atoms with Crippen molar-refractivity contribution in [3.63, 3.8) is 0 Å². The molecular formula is C27H30N2O2. The fourth-order valence-electron chi connectivity index (χ4n) is 4.03. The first-order chi connectivity index (χ1) is 14.9. The van der Waals surface area contributed by atoms with Crippen molar-refractivity contribution in [1.82, 2.24) is 4.98 Å². The molecule has 160 valence electrons. The molecule has 0 amide bonds. The van der Waals surface area contributed by atoms with E-state index in [2.05, 4.69) is 50.0 Å². The number of hydrogen-bond acceptors (Lipinski definition) is 4. The van der Waals surface area contributed by atoms with Crippen molar-refractivity contribution in [2.45, 2.75) is 52.2 Å². The Kier molecular flexibility index (Phi) is 5.92. The Bertz CT molecular complexity index is 1100. The highest BCUT2D eigenvalue weighted by Crippen LogP contribution is 2.31. The lowest BCUT2D eigenvalue weighted by Crippen LogP contribution is -2.17. The van der Waals surface area contributed by atoms with Gasteiger partial charge in [-0.2, -0.15) is 0 Å². The van der Waals surface area contributed by atoms with E-state index >= 15 is 0 Å². The Hall–Kier alpha value is -2.98. The summed E-state index contributed by atoms with van der Waals surface area (Å²) in [5.41, 5.74) is 6.82. The maximum Gasteiger partial charge on any atom is 0.217 e. The molecule has 4 rings (SSSR count). The van der Waals surface area contributed by atoms with Crippen LogP contribution in [-0.2, 0) is 11.2 Å². The van der Waals surface area contributed by atoms with Gasteiger partial charge in [-0.1, -0.05) is 55.8 Å². The molecule has 31 heavy (non-hydrogen) atoms. The van der Waals surface area contributed by atoms with Crippen LogP contribution in [0.2, 0.25) is 0 Å². The second kappa shape index (κ2) is 8.64. The lowest BCUT2D eigenvalue weighted by molar-refractivity contribution is 0.218. The number of pyridine rings is 1. The second-order valence-electron chi connectivity index (χ2n) is 8.86. The predicted molar refractivity (Wildman–Crippen MR) is 125 cm³/mol. The van der Waals surface area contributed by atoms with Crippen LogP contribution in [0.4, 0.5) is 0 Å². The number of nitrogens with zero attached hydrogens (tertiary/aromatic N) is 2. The van der Waals surface area contributed by atoms with Gasteiger partial charge in [0.25, 0.3) is 0 Å². The minimum atomic E-state index is -0.692. The normalized spacial score (nSPS) is 16.0. The van der Waals surface area contributed by atoms with Crippen molar-refractivity contribution < 1.29 is 9.84 Å². The molecule has 1 aromatic heterocycles. The third-order valence-corrected chi connectivity index (χ3v) is 5.64. The van der Waals surface area contributed by atoms with Crippen LogP contribution >= 0.6 is 0 Å². The average molecular weight is 415 g/mol. The summed E-state index contributed by atoms with van der Waals surface area (Å²) >= 11 is 0. The van der Waals surface area contributed by atoms with E-state index in [4.69, 9.17) is 9.73 Å². The summed E-state index contributed by atoms with van der Waals surface area (Å²) in [6.07, 6.45) is 3.08. The number of aryl methyl sites for hydroxylation is 2. The molecule has 4 nitrogen and oxygen atoms in total. The summed E-state index contributed by atoms with van der Waals surface area (Å²) < 4.78 is 5.89. The highest BCUT2D eigenvalue weighted by molar-refractivity contribution is 6.01. The first kappa shape index (κ1) is 21.3. The fourth-order valence-corrected chi connectivity index (χ4v) is 4.03. The van der Waals surface area contributed by atoms with Crippen LogP contribution in [0.15, 0.2) is 65.8 Å². The fraction of sp³-hybridized carbons (Fsp3) is 0.333. The van der Waals surface area contributed by atoms with Crippen LogP contribution in [0.5, 0.6) is 0 Å². The number of aliphatic hydroxyl groups excluding tert-OH is 1. The molecule has 0 aliphatic carbocycles. The minimum Gasteiger partial charge on any atom is -0.475 e. The van der Waals surface area contributed by atoms with Gasteiger partial charge < -0.3 is 9.84 Å². The number of hydrogen-bond donors (Lipinski definition) is 1. The van der Waals surface area contributed by atoms with Crippen LogP contribution < -0.4 is 0 Å². The van der Waals surface area contributed by atoms with Gasteiger partial charge >= 0.3 is 0 Å². The van der Waals surface area contributed by atoms with Crippen LogP contribution in [0.25, 0.3) is 11.1 Å². The van der Waals surface area contributed by atoms with Crippen molar-refractivity contribution in [2.24, 2.45) is 4.99 Å². The number of aromatic nitrogens is 1. The van der Waals surface area contributed by atoms with Gasteiger partial charge in [0.05, 0.1) is 5.54 Å². The molecular weight excluding hydrogens is 384 g/mol. The minimum absolute atomic E-state index is 0.200. The summed E-state index contributed by atoms with van der Waals surface area (Å²) in [7, 11) is 0. The van der Waals surface area contributed by atoms with Crippen molar-refractivity contribution >= 4 is 5.90 Å². The Morgan fingerprint density at radius 1 is 1.06 bits per heavy atom. The van der Waals surface area contributed by atoms with E-state index in [1.54, 1.807) is 0 Å². The Morgan fingerprint density at radius 2 is 1.77 bits per heavy atom. The number of rotatable bonds is 6. The molecule has 1 unspecified atom stereocenters. The molecule has 4 heteroatoms. The van der Waals surface area contributed by atoms with Crippen molar-refractivity contribution in [3.05, 3.63) is 88.7 Å². The van der Waals surface area contributed by atoms with Gasteiger partial charge in [0.2, 0.25) is 5.90 Å². The maximum absolute atomic E-state index is 11.1. The quantitative estimate of drug-likeness (QED) is 0.567. The topological polar surface area (TPSA) is 54.7 Å². The lowest BCUT2D eigenvalue weighted by atomic mass is 9.93. The zero-order valence-electron chi connectivity index (χ0n) is 18.7. The Labute approximate surface area is 184 Å². The van der Waals surface area contributed by atoms with Gasteiger partial charge in [0.1, 0.15) is 12.7 Å². The molecule has 0 bridgehead atoms. The van der Waals surface area contributed by atoms with Gasteiger partial charge in [-0.15, -0.1) is 0 Å². The molecule has 0 spiro atoms. The molecule has 1 aliphatic heterocycles.